The highest BCUT2D eigenvalue weighted by Gasteiger charge is 2.80. The van der Waals surface area contributed by atoms with Crippen LogP contribution in [-0.2, 0) is 0 Å². The van der Waals surface area contributed by atoms with Crippen LogP contribution in [0.25, 0.3) is 65.7 Å². The fraction of sp³-hybridized carbons (Fsp3) is 0.180. The minimum absolute atomic E-state index is 0.226. The number of fused-ring (bicyclic) bond motifs is 2. The predicted molar refractivity (Wildman–Crippen MR) is 290 cm³/mol. The summed E-state index contributed by atoms with van der Waals surface area (Å²) in [5, 5.41) is 0. The first-order valence-electron chi connectivity index (χ1n) is 23.8. The fourth-order valence-corrected chi connectivity index (χ4v) is 13.7. The van der Waals surface area contributed by atoms with Crippen molar-refractivity contribution in [1.29, 1.82) is 0 Å². The predicted octanol–water partition coefficient (Wildman–Crippen LogP) is 19.2. The summed E-state index contributed by atoms with van der Waals surface area (Å²) in [5.41, 5.74) is 12.1. The van der Waals surface area contributed by atoms with E-state index >= 15 is 26.3 Å². The molecular formula is C61H47F6N3S3. The summed E-state index contributed by atoms with van der Waals surface area (Å²) in [6, 6.07) is 41.3. The number of pyridine rings is 2. The van der Waals surface area contributed by atoms with Crippen LogP contribution in [0, 0.1) is 55.4 Å². The van der Waals surface area contributed by atoms with Crippen molar-refractivity contribution in [1.82, 2.24) is 9.97 Å². The van der Waals surface area contributed by atoms with Gasteiger partial charge in [-0.1, -0.05) is 60.3 Å². The number of aryl methyl sites for hydroxylation is 8. The third-order valence-corrected chi connectivity index (χ3v) is 17.5. The molecule has 12 heteroatoms. The average molecular weight is 1030 g/mol. The molecule has 4 aromatic heterocycles. The molecule has 1 aliphatic carbocycles. The highest BCUT2D eigenvalue weighted by Crippen LogP contribution is 2.66. The lowest BCUT2D eigenvalue weighted by atomic mass is 9.90. The summed E-state index contributed by atoms with van der Waals surface area (Å²) in [7, 11) is 0. The van der Waals surface area contributed by atoms with Crippen LogP contribution in [0.2, 0.25) is 0 Å². The number of anilines is 3. The molecule has 0 radical (unpaired) electrons. The van der Waals surface area contributed by atoms with Gasteiger partial charge in [-0.25, -0.2) is 0 Å². The molecule has 5 heterocycles. The van der Waals surface area contributed by atoms with E-state index < -0.39 is 28.9 Å². The van der Waals surface area contributed by atoms with Crippen molar-refractivity contribution in [3.63, 3.8) is 0 Å². The minimum Gasteiger partial charge on any atom is -0.308 e. The first-order valence-corrected chi connectivity index (χ1v) is 26.2. The molecular weight excluding hydrogens is 985 g/mol. The Hall–Kier alpha value is -6.73. The van der Waals surface area contributed by atoms with Crippen LogP contribution < -0.4 is 4.90 Å². The molecule has 73 heavy (non-hydrogen) atoms. The summed E-state index contributed by atoms with van der Waals surface area (Å²) >= 11 is 4.00. The van der Waals surface area contributed by atoms with E-state index in [1.165, 1.54) is 35.8 Å². The molecule has 0 saturated carbocycles. The van der Waals surface area contributed by atoms with Crippen LogP contribution in [0.5, 0.6) is 0 Å². The van der Waals surface area contributed by atoms with Crippen LogP contribution in [-0.4, -0.2) is 27.7 Å². The van der Waals surface area contributed by atoms with Crippen molar-refractivity contribution >= 4 is 62.6 Å². The summed E-state index contributed by atoms with van der Waals surface area (Å²) < 4.78 is 97.4. The Morgan fingerprint density at radius 3 is 1.38 bits per heavy atom. The third kappa shape index (κ3) is 7.78. The number of hydrogen-bond acceptors (Lipinski definition) is 6. The van der Waals surface area contributed by atoms with Gasteiger partial charge in [0, 0.05) is 64.1 Å². The first kappa shape index (κ1) is 48.5. The monoisotopic (exact) mass is 1030 g/mol. The topological polar surface area (TPSA) is 29.0 Å². The number of benzene rings is 5. The summed E-state index contributed by atoms with van der Waals surface area (Å²) in [6.07, 6.45) is 3.47. The number of allylic oxidation sites excluding steroid dienone is 2. The third-order valence-electron chi connectivity index (χ3n) is 14.2. The number of rotatable bonds is 8. The maximum absolute atomic E-state index is 16.5. The van der Waals surface area contributed by atoms with Gasteiger partial charge in [-0.05, 0) is 207 Å². The normalized spacial score (nSPS) is 15.5. The molecule has 3 nitrogen and oxygen atoms in total. The van der Waals surface area contributed by atoms with Gasteiger partial charge in [-0.15, -0.1) is 22.7 Å². The number of hydrogen-bond donors (Lipinski definition) is 0. The van der Waals surface area contributed by atoms with Crippen LogP contribution in [0.3, 0.4) is 0 Å². The number of para-hydroxylation sites is 2. The standard InChI is InChI=1S/C61H47F6N3S3/c1-32-25-44(34(3)23-41(32)40-20-21-49(69-31-40)48-15-13-14-22-68-48)55-29-46(38(7)71-55)57-58(60(64,65)61(66,67)59(57,62)63)47-30-56(72-39(47)8)45-26-33(2)42(24-35(45)4)43-27-37(6)52(28-36(43)5)70-50-16-9-11-18-53(50)73-54-19-12-10-17-51(54)70/h9-31H,1-8H3. The number of alkyl halides is 6. The molecule has 2 aliphatic rings. The van der Waals surface area contributed by atoms with E-state index in [0.717, 1.165) is 101 Å². The zero-order valence-corrected chi connectivity index (χ0v) is 43.6. The Balaban J connectivity index is 0.951. The minimum atomic E-state index is -5.69. The lowest BCUT2D eigenvalue weighted by Gasteiger charge is -2.34. The van der Waals surface area contributed by atoms with Gasteiger partial charge in [0.15, 0.2) is 0 Å². The number of nitrogens with zero attached hydrogens (tertiary/aromatic N) is 3. The molecule has 1 aliphatic heterocycles. The Morgan fingerprint density at radius 2 is 0.863 bits per heavy atom. The van der Waals surface area contributed by atoms with Gasteiger partial charge in [0.1, 0.15) is 0 Å². The van der Waals surface area contributed by atoms with Gasteiger partial charge in [-0.2, -0.15) is 26.3 Å². The van der Waals surface area contributed by atoms with E-state index in [1.807, 2.05) is 76.2 Å². The molecule has 11 rings (SSSR count). The van der Waals surface area contributed by atoms with E-state index in [-0.39, 0.29) is 20.9 Å². The van der Waals surface area contributed by atoms with Crippen molar-refractivity contribution in [2.75, 3.05) is 4.90 Å². The second-order valence-corrected chi connectivity index (χ2v) is 22.7. The summed E-state index contributed by atoms with van der Waals surface area (Å²) in [5.74, 6) is -16.1. The second kappa shape index (κ2) is 17.7. The molecule has 366 valence electrons. The molecule has 0 unspecified atom stereocenters. The van der Waals surface area contributed by atoms with E-state index in [1.54, 1.807) is 24.2 Å². The molecule has 0 atom stereocenters. The Kier molecular flexibility index (Phi) is 11.8. The van der Waals surface area contributed by atoms with Crippen molar-refractivity contribution in [3.8, 4) is 54.5 Å². The highest BCUT2D eigenvalue weighted by molar-refractivity contribution is 7.99. The van der Waals surface area contributed by atoms with E-state index in [4.69, 9.17) is 0 Å². The van der Waals surface area contributed by atoms with E-state index in [9.17, 15) is 0 Å². The van der Waals surface area contributed by atoms with Gasteiger partial charge in [-0.3, -0.25) is 9.97 Å². The van der Waals surface area contributed by atoms with Crippen molar-refractivity contribution < 1.29 is 26.3 Å². The van der Waals surface area contributed by atoms with Gasteiger partial charge in [0.2, 0.25) is 0 Å². The van der Waals surface area contributed by atoms with Gasteiger partial charge >= 0.3 is 17.8 Å². The molecule has 0 saturated heterocycles. The molecule has 0 spiro atoms. The maximum atomic E-state index is 16.5. The quantitative estimate of drug-likeness (QED) is 0.142. The lowest BCUT2D eigenvalue weighted by molar-refractivity contribution is -0.254. The summed E-state index contributed by atoms with van der Waals surface area (Å²) in [4.78, 5) is 15.1. The SMILES string of the molecule is Cc1cc(-c2cc(C3=C(c4cc(-c5cc(C)c(-c6cc(C)c(N7c8ccccc8Sc8ccccc87)cc6C)cc5C)sc4C)C(F)(F)C(F)(F)C3(F)F)c(C)s2)c(C)cc1-c1ccc(-c2ccccn2)nc1. The highest BCUT2D eigenvalue weighted by atomic mass is 32.2. The zero-order valence-electron chi connectivity index (χ0n) is 41.1. The Labute approximate surface area is 433 Å². The van der Waals surface area contributed by atoms with Gasteiger partial charge < -0.3 is 4.90 Å². The van der Waals surface area contributed by atoms with Gasteiger partial charge in [0.05, 0.1) is 22.8 Å². The number of halogens is 6. The van der Waals surface area contributed by atoms with Crippen LogP contribution >= 0.6 is 34.4 Å². The molecule has 0 amide bonds. The van der Waals surface area contributed by atoms with Gasteiger partial charge in [0.25, 0.3) is 0 Å². The first-order chi connectivity index (χ1) is 34.8. The molecule has 0 fully saturated rings. The molecule has 0 bridgehead atoms. The van der Waals surface area contributed by atoms with Crippen LogP contribution in [0.4, 0.5) is 43.4 Å². The van der Waals surface area contributed by atoms with Crippen LogP contribution in [0.1, 0.15) is 54.3 Å². The number of thiophene rings is 2. The number of aromatic nitrogens is 2. The Bertz CT molecular complexity index is 3690. The molecule has 0 N–H and O–H groups in total. The van der Waals surface area contributed by atoms with Crippen molar-refractivity contribution in [2.24, 2.45) is 0 Å². The van der Waals surface area contributed by atoms with E-state index in [0.29, 0.717) is 26.6 Å². The molecule has 9 aromatic rings. The van der Waals surface area contributed by atoms with Crippen LogP contribution in [0.15, 0.2) is 150 Å². The van der Waals surface area contributed by atoms with Crippen molar-refractivity contribution in [2.45, 2.75) is 82.9 Å². The lowest BCUT2D eigenvalue weighted by Crippen LogP contribution is -2.48. The van der Waals surface area contributed by atoms with E-state index in [2.05, 4.69) is 95.4 Å². The Morgan fingerprint density at radius 1 is 0.411 bits per heavy atom. The maximum Gasteiger partial charge on any atom is 0.380 e. The smallest absolute Gasteiger partial charge is 0.308 e. The largest absolute Gasteiger partial charge is 0.380 e. The zero-order chi connectivity index (χ0) is 51.5. The molecule has 5 aromatic carbocycles. The average Bonchev–Trinajstić information content (AvgIpc) is 3.97. The summed E-state index contributed by atoms with van der Waals surface area (Å²) in [6.45, 7) is 14.9. The second-order valence-electron chi connectivity index (χ2n) is 19.1. The fourth-order valence-electron chi connectivity index (χ4n) is 10.4. The van der Waals surface area contributed by atoms with Crippen molar-refractivity contribution in [3.05, 3.63) is 194 Å².